The van der Waals surface area contributed by atoms with E-state index in [4.69, 9.17) is 24.8 Å². The van der Waals surface area contributed by atoms with Crippen LogP contribution in [0.25, 0.3) is 28.2 Å². The summed E-state index contributed by atoms with van der Waals surface area (Å²) < 4.78 is 18.5. The van der Waals surface area contributed by atoms with Crippen molar-refractivity contribution in [1.82, 2.24) is 29.7 Å². The van der Waals surface area contributed by atoms with E-state index in [0.29, 0.717) is 46.5 Å². The number of anilines is 2. The number of aromatic nitrogens is 5. The first-order valence-corrected chi connectivity index (χ1v) is 11.8. The summed E-state index contributed by atoms with van der Waals surface area (Å²) in [6.07, 6.45) is 1.61. The molecule has 0 aliphatic carbocycles. The number of pyridine rings is 1. The first-order valence-electron chi connectivity index (χ1n) is 11.8. The highest BCUT2D eigenvalue weighted by Crippen LogP contribution is 2.32. The molecule has 2 aromatic carbocycles. The van der Waals surface area contributed by atoms with E-state index in [9.17, 15) is 4.79 Å². The second kappa shape index (κ2) is 10.6. The second-order valence-electron chi connectivity index (χ2n) is 8.73. The van der Waals surface area contributed by atoms with Gasteiger partial charge < -0.3 is 25.4 Å². The van der Waals surface area contributed by atoms with Gasteiger partial charge in [0.15, 0.2) is 17.3 Å². The standard InChI is InChI=1S/C26H26N8O4/c1-16(35)29-17-4-8-20(9-5-17)37-23-14-22-21(15-28-23)30-26(24-25(27)32-38-31-24)34(22)18-6-10-19(11-7-18)36-13-12-33(2)3/h4-11,14-15H,12-13H2,1-3H3,(H2,27,32)(H,29,35). The molecule has 0 saturated carbocycles. The number of nitrogen functional groups attached to an aromatic ring is 1. The quantitative estimate of drug-likeness (QED) is 0.298. The lowest BCUT2D eigenvalue weighted by atomic mass is 10.2. The van der Waals surface area contributed by atoms with Crippen LogP contribution in [-0.2, 0) is 4.79 Å². The predicted octanol–water partition coefficient (Wildman–Crippen LogP) is 3.74. The number of carbonyl (C=O) groups is 1. The number of benzene rings is 2. The van der Waals surface area contributed by atoms with E-state index in [0.717, 1.165) is 18.0 Å². The molecular weight excluding hydrogens is 488 g/mol. The maximum absolute atomic E-state index is 11.3. The van der Waals surface area contributed by atoms with E-state index in [2.05, 4.69) is 25.5 Å². The third-order valence-electron chi connectivity index (χ3n) is 5.54. The molecule has 0 aliphatic rings. The fourth-order valence-corrected chi connectivity index (χ4v) is 3.76. The highest BCUT2D eigenvalue weighted by molar-refractivity contribution is 5.88. The van der Waals surface area contributed by atoms with Crippen molar-refractivity contribution in [2.24, 2.45) is 0 Å². The number of fused-ring (bicyclic) bond motifs is 1. The molecule has 0 spiro atoms. The molecule has 5 aromatic rings. The maximum atomic E-state index is 11.3. The number of amides is 1. The summed E-state index contributed by atoms with van der Waals surface area (Å²) in [6, 6.07) is 16.4. The third kappa shape index (κ3) is 5.39. The smallest absolute Gasteiger partial charge is 0.221 e. The van der Waals surface area contributed by atoms with Crippen molar-refractivity contribution in [1.29, 1.82) is 0 Å². The molecule has 0 atom stereocenters. The molecule has 5 rings (SSSR count). The van der Waals surface area contributed by atoms with Crippen LogP contribution in [0.2, 0.25) is 0 Å². The number of hydrogen-bond acceptors (Lipinski definition) is 10. The van der Waals surface area contributed by atoms with E-state index in [1.807, 2.05) is 42.9 Å². The summed E-state index contributed by atoms with van der Waals surface area (Å²) in [7, 11) is 3.99. The molecule has 0 unspecified atom stereocenters. The van der Waals surface area contributed by atoms with E-state index in [-0.39, 0.29) is 11.7 Å². The molecule has 3 aromatic heterocycles. The summed E-state index contributed by atoms with van der Waals surface area (Å²) in [6.45, 7) is 2.84. The van der Waals surface area contributed by atoms with Gasteiger partial charge in [-0.1, -0.05) is 0 Å². The van der Waals surface area contributed by atoms with E-state index in [1.165, 1.54) is 6.92 Å². The van der Waals surface area contributed by atoms with Crippen LogP contribution in [-0.4, -0.2) is 62.9 Å². The Hall–Kier alpha value is -4.97. The number of imidazole rings is 1. The molecule has 0 fully saturated rings. The van der Waals surface area contributed by atoms with Gasteiger partial charge in [0, 0.05) is 30.9 Å². The molecule has 0 saturated heterocycles. The Morgan fingerprint density at radius 3 is 2.47 bits per heavy atom. The first-order chi connectivity index (χ1) is 18.4. The fraction of sp³-hybridized carbons (Fsp3) is 0.192. The highest BCUT2D eigenvalue weighted by atomic mass is 16.6. The summed E-state index contributed by atoms with van der Waals surface area (Å²) in [4.78, 5) is 22.4. The minimum atomic E-state index is -0.147. The van der Waals surface area contributed by atoms with E-state index >= 15 is 0 Å². The van der Waals surface area contributed by atoms with Gasteiger partial charge in [0.1, 0.15) is 23.6 Å². The molecule has 3 N–H and O–H groups in total. The largest absolute Gasteiger partial charge is 0.492 e. The molecule has 194 valence electrons. The SMILES string of the molecule is CC(=O)Nc1ccc(Oc2cc3c(cn2)nc(-c2nonc2N)n3-c2ccc(OCCN(C)C)cc2)cc1. The van der Waals surface area contributed by atoms with Gasteiger partial charge in [-0.2, -0.15) is 0 Å². The van der Waals surface area contributed by atoms with Crippen molar-refractivity contribution in [3.8, 4) is 34.6 Å². The van der Waals surface area contributed by atoms with Crippen molar-refractivity contribution < 1.29 is 18.9 Å². The minimum Gasteiger partial charge on any atom is -0.492 e. The Balaban J connectivity index is 1.50. The number of nitrogens with two attached hydrogens (primary N) is 1. The Labute approximate surface area is 218 Å². The average Bonchev–Trinajstić information content (AvgIpc) is 3.48. The summed E-state index contributed by atoms with van der Waals surface area (Å²) >= 11 is 0. The molecule has 38 heavy (non-hydrogen) atoms. The number of likely N-dealkylation sites (N-methyl/N-ethyl adjacent to an activating group) is 1. The van der Waals surface area contributed by atoms with Gasteiger partial charge in [-0.15, -0.1) is 0 Å². The number of rotatable bonds is 9. The van der Waals surface area contributed by atoms with Crippen molar-refractivity contribution in [3.63, 3.8) is 0 Å². The van der Waals surface area contributed by atoms with Crippen molar-refractivity contribution >= 4 is 28.4 Å². The number of hydrogen-bond donors (Lipinski definition) is 2. The summed E-state index contributed by atoms with van der Waals surface area (Å²) in [5.41, 5.74) is 9.09. The molecule has 12 heteroatoms. The normalized spacial score (nSPS) is 11.2. The van der Waals surface area contributed by atoms with Gasteiger partial charge in [0.05, 0.1) is 11.7 Å². The van der Waals surface area contributed by atoms with Crippen molar-refractivity contribution in [3.05, 3.63) is 60.8 Å². The number of nitrogens with one attached hydrogen (secondary N) is 1. The lowest BCUT2D eigenvalue weighted by Gasteiger charge is -2.12. The predicted molar refractivity (Wildman–Crippen MR) is 141 cm³/mol. The second-order valence-corrected chi connectivity index (χ2v) is 8.73. The van der Waals surface area contributed by atoms with E-state index < -0.39 is 0 Å². The summed E-state index contributed by atoms with van der Waals surface area (Å²) in [5.74, 6) is 2.07. The topological polar surface area (TPSA) is 146 Å². The first kappa shape index (κ1) is 24.7. The van der Waals surface area contributed by atoms with Gasteiger partial charge in [-0.3, -0.25) is 9.36 Å². The van der Waals surface area contributed by atoms with Crippen molar-refractivity contribution in [2.45, 2.75) is 6.92 Å². The van der Waals surface area contributed by atoms with Gasteiger partial charge >= 0.3 is 0 Å². The Morgan fingerprint density at radius 1 is 1.08 bits per heavy atom. The molecule has 0 aliphatic heterocycles. The monoisotopic (exact) mass is 514 g/mol. The average molecular weight is 515 g/mol. The van der Waals surface area contributed by atoms with Gasteiger partial charge in [-0.25, -0.2) is 14.6 Å². The number of ether oxygens (including phenoxy) is 2. The zero-order chi connectivity index (χ0) is 26.6. The molecule has 3 heterocycles. The summed E-state index contributed by atoms with van der Waals surface area (Å²) in [5, 5.41) is 10.4. The Bertz CT molecular complexity index is 1560. The number of carbonyl (C=O) groups excluding carboxylic acids is 1. The Morgan fingerprint density at radius 2 is 1.82 bits per heavy atom. The molecule has 0 radical (unpaired) electrons. The van der Waals surface area contributed by atoms with Crippen LogP contribution in [0.3, 0.4) is 0 Å². The lowest BCUT2D eigenvalue weighted by molar-refractivity contribution is -0.114. The molecule has 12 nitrogen and oxygen atoms in total. The third-order valence-corrected chi connectivity index (χ3v) is 5.54. The minimum absolute atomic E-state index is 0.119. The number of nitrogens with zero attached hydrogens (tertiary/aromatic N) is 6. The van der Waals surface area contributed by atoms with Crippen LogP contribution in [0, 0.1) is 0 Å². The van der Waals surface area contributed by atoms with Crippen LogP contribution in [0.15, 0.2) is 65.4 Å². The van der Waals surface area contributed by atoms with Gasteiger partial charge in [0.25, 0.3) is 0 Å². The van der Waals surface area contributed by atoms with Crippen LogP contribution < -0.4 is 20.5 Å². The van der Waals surface area contributed by atoms with Crippen LogP contribution in [0.5, 0.6) is 17.4 Å². The Kier molecular flexibility index (Phi) is 6.87. The lowest BCUT2D eigenvalue weighted by Crippen LogP contribution is -2.19. The zero-order valence-electron chi connectivity index (χ0n) is 21.1. The molecular formula is C26H26N8O4. The molecule has 0 bridgehead atoms. The maximum Gasteiger partial charge on any atom is 0.221 e. The molecule has 1 amide bonds. The van der Waals surface area contributed by atoms with E-state index in [1.54, 1.807) is 36.5 Å². The zero-order valence-corrected chi connectivity index (χ0v) is 21.1. The highest BCUT2D eigenvalue weighted by Gasteiger charge is 2.21. The van der Waals surface area contributed by atoms with Crippen LogP contribution >= 0.6 is 0 Å². The van der Waals surface area contributed by atoms with Crippen LogP contribution in [0.4, 0.5) is 11.5 Å². The van der Waals surface area contributed by atoms with Gasteiger partial charge in [0.2, 0.25) is 11.8 Å². The van der Waals surface area contributed by atoms with Crippen LogP contribution in [0.1, 0.15) is 6.92 Å². The van der Waals surface area contributed by atoms with Crippen molar-refractivity contribution in [2.75, 3.05) is 38.3 Å². The fourth-order valence-electron chi connectivity index (χ4n) is 3.76. The van der Waals surface area contributed by atoms with Gasteiger partial charge in [-0.05, 0) is 72.9 Å².